The van der Waals surface area contributed by atoms with Gasteiger partial charge >= 0.3 is 0 Å². The van der Waals surface area contributed by atoms with E-state index in [1.807, 2.05) is 32.9 Å². The van der Waals surface area contributed by atoms with Crippen LogP contribution < -0.4 is 5.56 Å². The predicted molar refractivity (Wildman–Crippen MR) is 138 cm³/mol. The standard InChI is InChI=1S/C25H24N6OS2/c1-13-6-7-19(12-14(13)2)31-22(18-8-10-26-11-9-18)29-30-25(31)34-17(5)21-27-23(32)20-15(3)16(4)33-24(20)28-21/h6-12,17H,1-5H3,(H,27,28,32)/t17-/m0/s1. The topological polar surface area (TPSA) is 89.4 Å². The Bertz CT molecular complexity index is 1570. The van der Waals surface area contributed by atoms with Crippen LogP contribution in [0.4, 0.5) is 0 Å². The lowest BCUT2D eigenvalue weighted by Gasteiger charge is -2.14. The molecule has 5 rings (SSSR count). The average Bonchev–Trinajstić information content (AvgIpc) is 3.36. The number of pyridine rings is 1. The first-order chi connectivity index (χ1) is 16.3. The van der Waals surface area contributed by atoms with E-state index >= 15 is 0 Å². The second kappa shape index (κ2) is 8.81. The maximum absolute atomic E-state index is 12.8. The number of benzene rings is 1. The molecule has 0 saturated carbocycles. The fourth-order valence-electron chi connectivity index (χ4n) is 3.81. The number of rotatable bonds is 5. The van der Waals surface area contributed by atoms with Gasteiger partial charge in [-0.1, -0.05) is 17.8 Å². The van der Waals surface area contributed by atoms with E-state index < -0.39 is 0 Å². The highest BCUT2D eigenvalue weighted by molar-refractivity contribution is 7.99. The zero-order chi connectivity index (χ0) is 24.0. The van der Waals surface area contributed by atoms with Crippen molar-refractivity contribution in [1.29, 1.82) is 0 Å². The van der Waals surface area contributed by atoms with Crippen molar-refractivity contribution in [3.05, 3.63) is 80.5 Å². The monoisotopic (exact) mass is 488 g/mol. The van der Waals surface area contributed by atoms with Crippen molar-refractivity contribution in [3.8, 4) is 17.1 Å². The highest BCUT2D eigenvalue weighted by Gasteiger charge is 2.22. The molecular weight excluding hydrogens is 464 g/mol. The lowest BCUT2D eigenvalue weighted by Crippen LogP contribution is -2.12. The SMILES string of the molecule is Cc1ccc(-n2c(S[C@@H](C)c3nc4sc(C)c(C)c4c(=O)[nH]3)nnc2-c2ccncc2)cc1C. The minimum absolute atomic E-state index is 0.0950. The Balaban J connectivity index is 1.59. The molecule has 4 aromatic heterocycles. The van der Waals surface area contributed by atoms with Gasteiger partial charge in [-0.25, -0.2) is 4.98 Å². The minimum Gasteiger partial charge on any atom is -0.309 e. The van der Waals surface area contributed by atoms with Crippen molar-refractivity contribution in [2.24, 2.45) is 0 Å². The number of hydrogen-bond acceptors (Lipinski definition) is 7. The molecule has 4 heterocycles. The van der Waals surface area contributed by atoms with E-state index in [-0.39, 0.29) is 10.8 Å². The summed E-state index contributed by atoms with van der Waals surface area (Å²) in [7, 11) is 0. The second-order valence-corrected chi connectivity index (χ2v) is 10.8. The summed E-state index contributed by atoms with van der Waals surface area (Å²) in [5.41, 5.74) is 5.23. The van der Waals surface area contributed by atoms with Gasteiger partial charge in [0.1, 0.15) is 10.7 Å². The molecule has 7 nitrogen and oxygen atoms in total. The Labute approximate surface area is 205 Å². The zero-order valence-corrected chi connectivity index (χ0v) is 21.2. The molecule has 0 aliphatic carbocycles. The molecule has 1 N–H and O–H groups in total. The molecule has 0 bridgehead atoms. The largest absolute Gasteiger partial charge is 0.309 e. The van der Waals surface area contributed by atoms with Crippen molar-refractivity contribution >= 4 is 33.3 Å². The van der Waals surface area contributed by atoms with Crippen molar-refractivity contribution in [2.45, 2.75) is 45.0 Å². The van der Waals surface area contributed by atoms with Gasteiger partial charge in [-0.15, -0.1) is 21.5 Å². The Morgan fingerprint density at radius 3 is 2.53 bits per heavy atom. The normalized spacial score (nSPS) is 12.4. The predicted octanol–water partition coefficient (Wildman–Crippen LogP) is 5.71. The van der Waals surface area contributed by atoms with Gasteiger partial charge < -0.3 is 4.98 Å². The van der Waals surface area contributed by atoms with Crippen LogP contribution in [0.15, 0.2) is 52.7 Å². The van der Waals surface area contributed by atoms with Crippen molar-refractivity contribution in [1.82, 2.24) is 29.7 Å². The molecule has 1 aromatic carbocycles. The van der Waals surface area contributed by atoms with Crippen LogP contribution in [-0.4, -0.2) is 29.7 Å². The molecule has 5 aromatic rings. The smallest absolute Gasteiger partial charge is 0.259 e. The third kappa shape index (κ3) is 3.95. The molecule has 0 aliphatic heterocycles. The first kappa shape index (κ1) is 22.5. The maximum Gasteiger partial charge on any atom is 0.259 e. The van der Waals surface area contributed by atoms with Gasteiger partial charge in [0.25, 0.3) is 5.56 Å². The highest BCUT2D eigenvalue weighted by atomic mass is 32.2. The van der Waals surface area contributed by atoms with Crippen LogP contribution in [0.25, 0.3) is 27.3 Å². The van der Waals surface area contributed by atoms with Gasteiger partial charge in [-0.3, -0.25) is 14.3 Å². The van der Waals surface area contributed by atoms with E-state index in [9.17, 15) is 4.79 Å². The van der Waals surface area contributed by atoms with Crippen LogP contribution in [0.5, 0.6) is 0 Å². The number of hydrogen-bond donors (Lipinski definition) is 1. The van der Waals surface area contributed by atoms with Crippen molar-refractivity contribution in [3.63, 3.8) is 0 Å². The molecule has 172 valence electrons. The maximum atomic E-state index is 12.8. The number of aromatic amines is 1. The molecule has 0 aliphatic rings. The molecule has 0 spiro atoms. The number of fused-ring (bicyclic) bond motifs is 1. The van der Waals surface area contributed by atoms with E-state index in [0.717, 1.165) is 37.5 Å². The first-order valence-electron chi connectivity index (χ1n) is 10.9. The van der Waals surface area contributed by atoms with E-state index in [1.54, 1.807) is 23.7 Å². The van der Waals surface area contributed by atoms with Crippen molar-refractivity contribution in [2.75, 3.05) is 0 Å². The molecule has 1 atom stereocenters. The Kier molecular flexibility index (Phi) is 5.83. The van der Waals surface area contributed by atoms with Gasteiger partial charge in [0.15, 0.2) is 11.0 Å². The van der Waals surface area contributed by atoms with Gasteiger partial charge in [0.05, 0.1) is 16.3 Å². The molecule has 0 radical (unpaired) electrons. The summed E-state index contributed by atoms with van der Waals surface area (Å²) in [6, 6.07) is 10.2. The molecule has 9 heteroatoms. The van der Waals surface area contributed by atoms with Crippen LogP contribution in [-0.2, 0) is 0 Å². The third-order valence-corrected chi connectivity index (χ3v) is 8.20. The van der Waals surface area contributed by atoms with Crippen LogP contribution >= 0.6 is 23.1 Å². The summed E-state index contributed by atoms with van der Waals surface area (Å²) in [6.45, 7) is 10.2. The second-order valence-electron chi connectivity index (χ2n) is 8.32. The minimum atomic E-state index is -0.139. The lowest BCUT2D eigenvalue weighted by atomic mass is 10.1. The van der Waals surface area contributed by atoms with Gasteiger partial charge in [-0.2, -0.15) is 0 Å². The van der Waals surface area contributed by atoms with E-state index in [2.05, 4.69) is 56.8 Å². The number of aromatic nitrogens is 6. The first-order valence-corrected chi connectivity index (χ1v) is 12.6. The zero-order valence-electron chi connectivity index (χ0n) is 19.6. The summed E-state index contributed by atoms with van der Waals surface area (Å²) < 4.78 is 2.05. The third-order valence-electron chi connectivity index (χ3n) is 6.05. The van der Waals surface area contributed by atoms with Gasteiger partial charge in [-0.05, 0) is 75.6 Å². The molecule has 0 saturated heterocycles. The van der Waals surface area contributed by atoms with Crippen LogP contribution in [0.1, 0.15) is 39.6 Å². The Morgan fingerprint density at radius 1 is 1.03 bits per heavy atom. The fourth-order valence-corrected chi connectivity index (χ4v) is 5.77. The van der Waals surface area contributed by atoms with Crippen molar-refractivity contribution < 1.29 is 0 Å². The number of aryl methyl sites for hydroxylation is 4. The summed E-state index contributed by atoms with van der Waals surface area (Å²) in [4.78, 5) is 26.6. The summed E-state index contributed by atoms with van der Waals surface area (Å²) in [6.07, 6.45) is 3.50. The average molecular weight is 489 g/mol. The molecule has 0 fully saturated rings. The lowest BCUT2D eigenvalue weighted by molar-refractivity contribution is 0.862. The van der Waals surface area contributed by atoms with E-state index in [0.29, 0.717) is 11.2 Å². The number of thioether (sulfide) groups is 1. The molecule has 0 amide bonds. The Morgan fingerprint density at radius 2 is 1.79 bits per heavy atom. The number of H-pyrrole nitrogens is 1. The van der Waals surface area contributed by atoms with Crippen LogP contribution in [0, 0.1) is 27.7 Å². The van der Waals surface area contributed by atoms with Crippen LogP contribution in [0.2, 0.25) is 0 Å². The highest BCUT2D eigenvalue weighted by Crippen LogP contribution is 2.37. The van der Waals surface area contributed by atoms with Crippen LogP contribution in [0.3, 0.4) is 0 Å². The van der Waals surface area contributed by atoms with Gasteiger partial charge in [0.2, 0.25) is 0 Å². The molecule has 34 heavy (non-hydrogen) atoms. The molecular formula is C25H24N6OS2. The number of nitrogens with zero attached hydrogens (tertiary/aromatic N) is 5. The van der Waals surface area contributed by atoms with Gasteiger partial charge in [0, 0.05) is 22.8 Å². The van der Waals surface area contributed by atoms with E-state index in [4.69, 9.17) is 4.98 Å². The summed E-state index contributed by atoms with van der Waals surface area (Å²) in [5, 5.41) is 10.3. The molecule has 0 unspecified atom stereocenters. The number of thiophene rings is 1. The van der Waals surface area contributed by atoms with E-state index in [1.165, 1.54) is 22.9 Å². The summed E-state index contributed by atoms with van der Waals surface area (Å²) in [5.74, 6) is 1.37. The number of nitrogens with one attached hydrogen (secondary N) is 1. The Hall–Kier alpha value is -3.30. The quantitative estimate of drug-likeness (QED) is 0.319. The summed E-state index contributed by atoms with van der Waals surface area (Å²) >= 11 is 3.07. The fraction of sp³-hybridized carbons (Fsp3) is 0.240.